The number of carbonyl (C=O) groups is 2. The van der Waals surface area contributed by atoms with Gasteiger partial charge in [-0.05, 0) is 29.7 Å². The Bertz CT molecular complexity index is 701. The van der Waals surface area contributed by atoms with Crippen LogP contribution in [0.1, 0.15) is 18.1 Å². The van der Waals surface area contributed by atoms with Crippen molar-refractivity contribution < 1.29 is 14.0 Å². The molecule has 132 valence electrons. The molecule has 0 bridgehead atoms. The Kier molecular flexibility index (Phi) is 6.69. The van der Waals surface area contributed by atoms with Crippen molar-refractivity contribution in [3.05, 3.63) is 71.5 Å². The average Bonchev–Trinajstić information content (AvgIpc) is 2.60. The number of nitrogens with zero attached hydrogens (tertiary/aromatic N) is 2. The first-order valence-electron chi connectivity index (χ1n) is 8.23. The minimum Gasteiger partial charge on any atom is -0.340 e. The molecule has 0 aliphatic rings. The third kappa shape index (κ3) is 6.03. The zero-order chi connectivity index (χ0) is 18.2. The number of benzene rings is 2. The topological polar surface area (TPSA) is 40.6 Å². The van der Waals surface area contributed by atoms with Gasteiger partial charge < -0.3 is 9.80 Å². The van der Waals surface area contributed by atoms with E-state index in [1.54, 1.807) is 24.1 Å². The van der Waals surface area contributed by atoms with E-state index in [2.05, 4.69) is 0 Å². The van der Waals surface area contributed by atoms with Gasteiger partial charge in [0.1, 0.15) is 5.82 Å². The summed E-state index contributed by atoms with van der Waals surface area (Å²) < 4.78 is 12.9. The van der Waals surface area contributed by atoms with E-state index in [1.165, 1.54) is 24.0 Å². The quantitative estimate of drug-likeness (QED) is 0.776. The maximum atomic E-state index is 12.9. The van der Waals surface area contributed by atoms with E-state index < -0.39 is 0 Å². The zero-order valence-corrected chi connectivity index (χ0v) is 14.6. The molecule has 0 saturated heterocycles. The first-order chi connectivity index (χ1) is 12.0. The van der Waals surface area contributed by atoms with Crippen molar-refractivity contribution in [3.63, 3.8) is 0 Å². The molecule has 0 aromatic heterocycles. The summed E-state index contributed by atoms with van der Waals surface area (Å²) in [4.78, 5) is 27.4. The Hall–Kier alpha value is -2.69. The predicted molar refractivity (Wildman–Crippen MR) is 95.3 cm³/mol. The summed E-state index contributed by atoms with van der Waals surface area (Å²) in [6, 6.07) is 15.9. The van der Waals surface area contributed by atoms with Crippen molar-refractivity contribution in [1.82, 2.24) is 9.80 Å². The summed E-state index contributed by atoms with van der Waals surface area (Å²) in [7, 11) is 1.73. The van der Waals surface area contributed by atoms with Gasteiger partial charge in [-0.15, -0.1) is 0 Å². The molecule has 2 aromatic carbocycles. The predicted octanol–water partition coefficient (Wildman–Crippen LogP) is 2.88. The van der Waals surface area contributed by atoms with Crippen LogP contribution in [0.2, 0.25) is 0 Å². The largest absolute Gasteiger partial charge is 0.340 e. The van der Waals surface area contributed by atoms with Crippen LogP contribution in [0.3, 0.4) is 0 Å². The highest BCUT2D eigenvalue weighted by Gasteiger charge is 2.17. The number of rotatable bonds is 7. The van der Waals surface area contributed by atoms with Crippen molar-refractivity contribution >= 4 is 11.8 Å². The normalized spacial score (nSPS) is 10.4. The standard InChI is InChI=1S/C20H23FN2O2/c1-16(24)23(13-12-17-8-10-19(21)11-9-17)15-20(25)22(2)14-18-6-4-3-5-7-18/h3-11H,12-15H2,1-2H3. The Morgan fingerprint density at radius 2 is 1.60 bits per heavy atom. The minimum atomic E-state index is -0.287. The van der Waals surface area contributed by atoms with Crippen molar-refractivity contribution in [2.75, 3.05) is 20.1 Å². The van der Waals surface area contributed by atoms with Gasteiger partial charge in [0, 0.05) is 27.1 Å². The fraction of sp³-hybridized carbons (Fsp3) is 0.300. The molecule has 0 fully saturated rings. The Labute approximate surface area is 147 Å². The van der Waals surface area contributed by atoms with Gasteiger partial charge in [0.2, 0.25) is 11.8 Å². The smallest absolute Gasteiger partial charge is 0.242 e. The van der Waals surface area contributed by atoms with E-state index in [9.17, 15) is 14.0 Å². The van der Waals surface area contributed by atoms with Crippen LogP contribution in [-0.2, 0) is 22.6 Å². The van der Waals surface area contributed by atoms with Crippen LogP contribution < -0.4 is 0 Å². The summed E-state index contributed by atoms with van der Waals surface area (Å²) >= 11 is 0. The number of hydrogen-bond acceptors (Lipinski definition) is 2. The molecular formula is C20H23FN2O2. The van der Waals surface area contributed by atoms with Gasteiger partial charge in [0.25, 0.3) is 0 Å². The van der Waals surface area contributed by atoms with Gasteiger partial charge >= 0.3 is 0 Å². The lowest BCUT2D eigenvalue weighted by Crippen LogP contribution is -2.41. The second-order valence-corrected chi connectivity index (χ2v) is 6.05. The lowest BCUT2D eigenvalue weighted by atomic mass is 10.1. The van der Waals surface area contributed by atoms with Crippen molar-refractivity contribution in [2.45, 2.75) is 19.9 Å². The first-order valence-corrected chi connectivity index (χ1v) is 8.23. The fourth-order valence-electron chi connectivity index (χ4n) is 2.49. The number of likely N-dealkylation sites (N-methyl/N-ethyl adjacent to an activating group) is 1. The van der Waals surface area contributed by atoms with Crippen LogP contribution in [0.15, 0.2) is 54.6 Å². The van der Waals surface area contributed by atoms with E-state index >= 15 is 0 Å². The van der Waals surface area contributed by atoms with Crippen LogP contribution >= 0.6 is 0 Å². The van der Waals surface area contributed by atoms with Crippen LogP contribution in [0, 0.1) is 5.82 Å². The Morgan fingerprint density at radius 1 is 0.960 bits per heavy atom. The molecule has 2 amide bonds. The highest BCUT2D eigenvalue weighted by molar-refractivity contribution is 5.83. The number of halogens is 1. The molecule has 0 heterocycles. The molecule has 0 unspecified atom stereocenters. The molecule has 0 spiro atoms. The third-order valence-corrected chi connectivity index (χ3v) is 4.04. The van der Waals surface area contributed by atoms with E-state index in [-0.39, 0.29) is 24.2 Å². The first kappa shape index (κ1) is 18.6. The second kappa shape index (κ2) is 8.97. The molecule has 0 aliphatic carbocycles. The average molecular weight is 342 g/mol. The summed E-state index contributed by atoms with van der Waals surface area (Å²) in [6.07, 6.45) is 0.579. The molecule has 2 rings (SSSR count). The second-order valence-electron chi connectivity index (χ2n) is 6.05. The van der Waals surface area contributed by atoms with E-state index in [0.29, 0.717) is 19.5 Å². The van der Waals surface area contributed by atoms with E-state index in [1.807, 2.05) is 30.3 Å². The van der Waals surface area contributed by atoms with E-state index in [0.717, 1.165) is 11.1 Å². The number of carbonyl (C=O) groups excluding carboxylic acids is 2. The van der Waals surface area contributed by atoms with Crippen molar-refractivity contribution in [1.29, 1.82) is 0 Å². The van der Waals surface area contributed by atoms with Crippen LogP contribution in [0.4, 0.5) is 4.39 Å². The van der Waals surface area contributed by atoms with Crippen molar-refractivity contribution in [2.24, 2.45) is 0 Å². The van der Waals surface area contributed by atoms with Gasteiger partial charge in [-0.3, -0.25) is 9.59 Å². The molecule has 25 heavy (non-hydrogen) atoms. The Morgan fingerprint density at radius 3 is 2.20 bits per heavy atom. The molecular weight excluding hydrogens is 319 g/mol. The number of amides is 2. The molecule has 4 nitrogen and oxygen atoms in total. The molecule has 0 radical (unpaired) electrons. The third-order valence-electron chi connectivity index (χ3n) is 4.04. The monoisotopic (exact) mass is 342 g/mol. The van der Waals surface area contributed by atoms with Crippen LogP contribution in [-0.4, -0.2) is 41.8 Å². The van der Waals surface area contributed by atoms with Crippen molar-refractivity contribution in [3.8, 4) is 0 Å². The SMILES string of the molecule is CC(=O)N(CCc1ccc(F)cc1)CC(=O)N(C)Cc1ccccc1. The molecule has 0 aliphatic heterocycles. The van der Waals surface area contributed by atoms with E-state index in [4.69, 9.17) is 0 Å². The summed E-state index contributed by atoms with van der Waals surface area (Å²) in [6.45, 7) is 2.42. The fourth-order valence-corrected chi connectivity index (χ4v) is 2.49. The van der Waals surface area contributed by atoms with Gasteiger partial charge in [-0.25, -0.2) is 4.39 Å². The highest BCUT2D eigenvalue weighted by Crippen LogP contribution is 2.07. The number of hydrogen-bond donors (Lipinski definition) is 0. The lowest BCUT2D eigenvalue weighted by Gasteiger charge is -2.24. The molecule has 0 atom stereocenters. The molecule has 2 aromatic rings. The Balaban J connectivity index is 1.90. The van der Waals surface area contributed by atoms with Crippen LogP contribution in [0.5, 0.6) is 0 Å². The molecule has 5 heteroatoms. The lowest BCUT2D eigenvalue weighted by molar-refractivity contribution is -0.138. The summed E-state index contributed by atoms with van der Waals surface area (Å²) in [5.74, 6) is -0.549. The summed E-state index contributed by atoms with van der Waals surface area (Å²) in [5, 5.41) is 0. The maximum absolute atomic E-state index is 12.9. The highest BCUT2D eigenvalue weighted by atomic mass is 19.1. The minimum absolute atomic E-state index is 0.0415. The van der Waals surface area contributed by atoms with Gasteiger partial charge in [-0.1, -0.05) is 42.5 Å². The van der Waals surface area contributed by atoms with Gasteiger partial charge in [0.15, 0.2) is 0 Å². The van der Waals surface area contributed by atoms with Crippen LogP contribution in [0.25, 0.3) is 0 Å². The van der Waals surface area contributed by atoms with Gasteiger partial charge in [0.05, 0.1) is 6.54 Å². The molecule has 0 N–H and O–H groups in total. The zero-order valence-electron chi connectivity index (χ0n) is 14.6. The van der Waals surface area contributed by atoms with Gasteiger partial charge in [-0.2, -0.15) is 0 Å². The maximum Gasteiger partial charge on any atom is 0.242 e. The molecule has 0 saturated carbocycles. The summed E-state index contributed by atoms with van der Waals surface area (Å²) in [5.41, 5.74) is 1.97.